The third-order valence-electron chi connectivity index (χ3n) is 3.16. The molecule has 2 rings (SSSR count). The molecular formula is C13H20N6O2S. The van der Waals surface area contributed by atoms with Crippen LogP contribution >= 0.6 is 11.9 Å². The molecule has 8 nitrogen and oxygen atoms in total. The fraction of sp³-hybridized carbons (Fsp3) is 0.615. The molecule has 22 heavy (non-hydrogen) atoms. The molecule has 0 saturated carbocycles. The van der Waals surface area contributed by atoms with Crippen LogP contribution in [-0.4, -0.2) is 50.7 Å². The van der Waals surface area contributed by atoms with Crippen molar-refractivity contribution in [2.75, 3.05) is 29.9 Å². The zero-order valence-corrected chi connectivity index (χ0v) is 13.8. The van der Waals surface area contributed by atoms with Gasteiger partial charge in [0.25, 0.3) is 0 Å². The summed E-state index contributed by atoms with van der Waals surface area (Å²) in [6.07, 6.45) is 0.500. The van der Waals surface area contributed by atoms with E-state index in [4.69, 9.17) is 0 Å². The fourth-order valence-corrected chi connectivity index (χ4v) is 2.81. The molecule has 1 aliphatic heterocycles. The van der Waals surface area contributed by atoms with E-state index < -0.39 is 0 Å². The van der Waals surface area contributed by atoms with Gasteiger partial charge in [-0.25, -0.2) is 4.31 Å². The number of carbonyl (C=O) groups excluding carboxylic acids is 2. The number of hydrogen-bond donors (Lipinski definition) is 1. The van der Waals surface area contributed by atoms with Gasteiger partial charge < -0.3 is 10.2 Å². The molecule has 0 spiro atoms. The van der Waals surface area contributed by atoms with Gasteiger partial charge >= 0.3 is 0 Å². The maximum Gasteiger partial charge on any atom is 0.240 e. The Morgan fingerprint density at radius 2 is 1.73 bits per heavy atom. The largest absolute Gasteiger partial charge is 0.354 e. The summed E-state index contributed by atoms with van der Waals surface area (Å²) in [5.74, 6) is 0.577. The van der Waals surface area contributed by atoms with Crippen LogP contribution < -0.4 is 10.2 Å². The fourth-order valence-electron chi connectivity index (χ4n) is 2.01. The minimum Gasteiger partial charge on any atom is -0.354 e. The average Bonchev–Trinajstić information content (AvgIpc) is 2.81. The summed E-state index contributed by atoms with van der Waals surface area (Å²) in [7, 11) is 0. The number of nitrogens with zero attached hydrogens (tertiary/aromatic N) is 5. The number of carbonyl (C=O) groups is 2. The zero-order valence-electron chi connectivity index (χ0n) is 13.0. The quantitative estimate of drug-likeness (QED) is 0.593. The second kappa shape index (κ2) is 7.39. The Bertz CT molecular complexity index is 547. The number of rotatable bonds is 7. The van der Waals surface area contributed by atoms with Crippen molar-refractivity contribution in [3.63, 3.8) is 0 Å². The Kier molecular flexibility index (Phi) is 5.53. The van der Waals surface area contributed by atoms with Crippen LogP contribution in [0.1, 0.15) is 33.6 Å². The molecule has 1 fully saturated rings. The molecule has 0 aromatic carbocycles. The van der Waals surface area contributed by atoms with Crippen LogP contribution in [0.2, 0.25) is 0 Å². The number of amides is 2. The minimum absolute atomic E-state index is 0.204. The van der Waals surface area contributed by atoms with Gasteiger partial charge in [0.1, 0.15) is 0 Å². The van der Waals surface area contributed by atoms with Crippen LogP contribution in [0, 0.1) is 0 Å². The van der Waals surface area contributed by atoms with Crippen molar-refractivity contribution in [2.24, 2.45) is 0 Å². The lowest BCUT2D eigenvalue weighted by Gasteiger charge is -2.20. The Balaban J connectivity index is 2.29. The van der Waals surface area contributed by atoms with Crippen LogP contribution in [-0.2, 0) is 9.59 Å². The van der Waals surface area contributed by atoms with E-state index in [1.807, 2.05) is 25.7 Å². The highest BCUT2D eigenvalue weighted by molar-refractivity contribution is 7.97. The predicted octanol–water partition coefficient (Wildman–Crippen LogP) is 1.31. The molecule has 0 aliphatic carbocycles. The van der Waals surface area contributed by atoms with Gasteiger partial charge in [-0.3, -0.25) is 9.59 Å². The van der Waals surface area contributed by atoms with Crippen LogP contribution in [0.15, 0.2) is 5.16 Å². The molecule has 0 bridgehead atoms. The third-order valence-corrected chi connectivity index (χ3v) is 4.10. The van der Waals surface area contributed by atoms with Gasteiger partial charge in [-0.05, 0) is 20.8 Å². The van der Waals surface area contributed by atoms with E-state index in [0.717, 1.165) is 29.3 Å². The van der Waals surface area contributed by atoms with Gasteiger partial charge in [0.05, 0.1) is 0 Å². The highest BCUT2D eigenvalue weighted by Gasteiger charge is 2.31. The van der Waals surface area contributed by atoms with E-state index in [1.54, 1.807) is 0 Å². The van der Waals surface area contributed by atoms with Crippen LogP contribution in [0.3, 0.4) is 0 Å². The Labute approximate surface area is 133 Å². The molecule has 0 radical (unpaired) electrons. The van der Waals surface area contributed by atoms with Crippen molar-refractivity contribution >= 4 is 35.7 Å². The van der Waals surface area contributed by atoms with Gasteiger partial charge in [0.15, 0.2) is 0 Å². The first-order chi connectivity index (χ1) is 10.6. The van der Waals surface area contributed by atoms with E-state index in [0.29, 0.717) is 23.6 Å². The lowest BCUT2D eigenvalue weighted by molar-refractivity contribution is -0.131. The first-order valence-electron chi connectivity index (χ1n) is 7.37. The summed E-state index contributed by atoms with van der Waals surface area (Å²) in [4.78, 5) is 38.4. The van der Waals surface area contributed by atoms with E-state index in [9.17, 15) is 9.59 Å². The number of nitrogens with one attached hydrogen (secondary N) is 1. The summed E-state index contributed by atoms with van der Waals surface area (Å²) < 4.78 is 1.14. The first-order valence-corrected chi connectivity index (χ1v) is 8.15. The van der Waals surface area contributed by atoms with Gasteiger partial charge in [0, 0.05) is 44.4 Å². The smallest absolute Gasteiger partial charge is 0.240 e. The second-order valence-electron chi connectivity index (χ2n) is 4.62. The SMILES string of the molecule is CCNc1nc(SN2C(=O)CCC2=O)nc(N(CC)CC)n1. The van der Waals surface area contributed by atoms with Crippen molar-refractivity contribution in [2.45, 2.75) is 38.8 Å². The molecule has 1 N–H and O–H groups in total. The molecular weight excluding hydrogens is 304 g/mol. The van der Waals surface area contributed by atoms with Crippen LogP contribution in [0.25, 0.3) is 0 Å². The topological polar surface area (TPSA) is 91.3 Å². The van der Waals surface area contributed by atoms with E-state index in [1.165, 1.54) is 0 Å². The average molecular weight is 324 g/mol. The molecule has 0 unspecified atom stereocenters. The highest BCUT2D eigenvalue weighted by Crippen LogP contribution is 2.27. The van der Waals surface area contributed by atoms with E-state index in [2.05, 4.69) is 20.3 Å². The predicted molar refractivity (Wildman–Crippen MR) is 84.5 cm³/mol. The molecule has 120 valence electrons. The van der Waals surface area contributed by atoms with E-state index in [-0.39, 0.29) is 24.7 Å². The number of imide groups is 1. The highest BCUT2D eigenvalue weighted by atomic mass is 32.2. The van der Waals surface area contributed by atoms with Crippen LogP contribution in [0.4, 0.5) is 11.9 Å². The number of aromatic nitrogens is 3. The summed E-state index contributed by atoms with van der Waals surface area (Å²) in [6.45, 7) is 8.17. The normalized spacial score (nSPS) is 14.6. The van der Waals surface area contributed by atoms with Gasteiger partial charge in [0.2, 0.25) is 28.9 Å². The monoisotopic (exact) mass is 324 g/mol. The van der Waals surface area contributed by atoms with Crippen molar-refractivity contribution in [1.29, 1.82) is 0 Å². The molecule has 9 heteroatoms. The summed E-state index contributed by atoms with van der Waals surface area (Å²) >= 11 is 0.965. The Morgan fingerprint density at radius 1 is 1.09 bits per heavy atom. The summed E-state index contributed by atoms with van der Waals surface area (Å²) in [6, 6.07) is 0. The summed E-state index contributed by atoms with van der Waals surface area (Å²) in [5, 5.41) is 3.39. The van der Waals surface area contributed by atoms with E-state index >= 15 is 0 Å². The molecule has 2 heterocycles. The second-order valence-corrected chi connectivity index (χ2v) is 5.53. The van der Waals surface area contributed by atoms with Crippen molar-refractivity contribution < 1.29 is 9.59 Å². The Morgan fingerprint density at radius 3 is 2.27 bits per heavy atom. The Hall–Kier alpha value is -1.90. The third kappa shape index (κ3) is 3.65. The molecule has 1 aromatic rings. The van der Waals surface area contributed by atoms with Gasteiger partial charge in [-0.2, -0.15) is 15.0 Å². The first kappa shape index (κ1) is 16.5. The zero-order chi connectivity index (χ0) is 16.1. The van der Waals surface area contributed by atoms with Gasteiger partial charge in [-0.1, -0.05) is 0 Å². The van der Waals surface area contributed by atoms with Gasteiger partial charge in [-0.15, -0.1) is 0 Å². The summed E-state index contributed by atoms with van der Waals surface area (Å²) in [5.41, 5.74) is 0. The minimum atomic E-state index is -0.204. The molecule has 0 atom stereocenters. The molecule has 1 aromatic heterocycles. The van der Waals surface area contributed by atoms with Crippen molar-refractivity contribution in [1.82, 2.24) is 19.3 Å². The van der Waals surface area contributed by atoms with Crippen LogP contribution in [0.5, 0.6) is 0 Å². The van der Waals surface area contributed by atoms with Crippen molar-refractivity contribution in [3.05, 3.63) is 0 Å². The lowest BCUT2D eigenvalue weighted by atomic mass is 10.4. The number of anilines is 2. The molecule has 1 aliphatic rings. The lowest BCUT2D eigenvalue weighted by Crippen LogP contribution is -2.26. The number of hydrogen-bond acceptors (Lipinski definition) is 8. The standard InChI is InChI=1S/C13H20N6O2S/c1-4-14-11-15-12(18(5-2)6-3)17-13(16-11)22-19-9(20)7-8-10(19)21/h4-8H2,1-3H3,(H,14,15,16,17). The maximum absolute atomic E-state index is 11.7. The molecule has 2 amide bonds. The van der Waals surface area contributed by atoms with Crippen molar-refractivity contribution in [3.8, 4) is 0 Å². The molecule has 1 saturated heterocycles. The maximum atomic E-state index is 11.7.